The molecule has 1 amide bonds. The molecule has 0 saturated carbocycles. The molecule has 13 heavy (non-hydrogen) atoms. The molecule has 0 aromatic heterocycles. The lowest BCUT2D eigenvalue weighted by atomic mass is 9.95. The summed E-state index contributed by atoms with van der Waals surface area (Å²) in [6, 6.07) is 0. The minimum absolute atomic E-state index is 0.00546. The van der Waals surface area contributed by atoms with E-state index < -0.39 is 0 Å². The van der Waals surface area contributed by atoms with E-state index in [4.69, 9.17) is 0 Å². The molecule has 1 heterocycles. The zero-order valence-electron chi connectivity index (χ0n) is 8.00. The highest BCUT2D eigenvalue weighted by molar-refractivity contribution is 5.81. The van der Waals surface area contributed by atoms with Crippen LogP contribution >= 0.6 is 0 Å². The number of esters is 1. The summed E-state index contributed by atoms with van der Waals surface area (Å²) in [5, 5.41) is 2.74. The van der Waals surface area contributed by atoms with Crippen LogP contribution in [0, 0.1) is 11.8 Å². The first-order valence-corrected chi connectivity index (χ1v) is 4.50. The first-order valence-electron chi connectivity index (χ1n) is 4.50. The van der Waals surface area contributed by atoms with Gasteiger partial charge in [-0.25, -0.2) is 0 Å². The number of amides is 1. The molecule has 4 heteroatoms. The molecular formula is C9H15NO3. The number of hydrogen-bond acceptors (Lipinski definition) is 3. The highest BCUT2D eigenvalue weighted by Gasteiger charge is 2.28. The Kier molecular flexibility index (Phi) is 3.28. The van der Waals surface area contributed by atoms with Crippen LogP contribution in [0.2, 0.25) is 0 Å². The van der Waals surface area contributed by atoms with Gasteiger partial charge >= 0.3 is 5.97 Å². The van der Waals surface area contributed by atoms with Crippen molar-refractivity contribution in [3.8, 4) is 0 Å². The van der Waals surface area contributed by atoms with Gasteiger partial charge < -0.3 is 10.1 Å². The summed E-state index contributed by atoms with van der Waals surface area (Å²) in [5.41, 5.74) is 0. The van der Waals surface area contributed by atoms with Crippen molar-refractivity contribution >= 4 is 11.9 Å². The molecule has 1 unspecified atom stereocenters. The van der Waals surface area contributed by atoms with Gasteiger partial charge in [-0.05, 0) is 12.8 Å². The van der Waals surface area contributed by atoms with Gasteiger partial charge in [0.05, 0.1) is 13.0 Å². The third-order valence-corrected chi connectivity index (χ3v) is 2.40. The first kappa shape index (κ1) is 10.0. The number of nitrogens with one attached hydrogen (secondary N) is 1. The van der Waals surface area contributed by atoms with Crippen LogP contribution in [-0.4, -0.2) is 25.5 Å². The van der Waals surface area contributed by atoms with Gasteiger partial charge in [0, 0.05) is 12.5 Å². The number of rotatable bonds is 3. The van der Waals surface area contributed by atoms with Gasteiger partial charge in [0.2, 0.25) is 5.91 Å². The normalized spacial score (nSPS) is 23.8. The van der Waals surface area contributed by atoms with Crippen LogP contribution in [0.5, 0.6) is 0 Å². The number of ether oxygens (including phenoxy) is 1. The number of carbonyl (C=O) groups excluding carboxylic acids is 2. The van der Waals surface area contributed by atoms with Crippen LogP contribution in [-0.2, 0) is 14.3 Å². The molecule has 2 atom stereocenters. The van der Waals surface area contributed by atoms with Crippen molar-refractivity contribution in [2.45, 2.75) is 19.8 Å². The molecule has 1 aliphatic rings. The number of carbonyl (C=O) groups is 2. The average Bonchev–Trinajstić information content (AvgIpc) is 2.50. The maximum atomic E-state index is 11.2. The van der Waals surface area contributed by atoms with Gasteiger partial charge in [0.15, 0.2) is 0 Å². The summed E-state index contributed by atoms with van der Waals surface area (Å²) >= 11 is 0. The summed E-state index contributed by atoms with van der Waals surface area (Å²) in [6.45, 7) is 2.52. The van der Waals surface area contributed by atoms with E-state index in [-0.39, 0.29) is 23.7 Å². The Bertz CT molecular complexity index is 215. The largest absolute Gasteiger partial charge is 0.469 e. The Morgan fingerprint density at radius 2 is 2.46 bits per heavy atom. The smallest absolute Gasteiger partial charge is 0.308 e. The second kappa shape index (κ2) is 4.25. The SMILES string of the molecule is COC(=O)C(C)C[C@@H]1CCNC1=O. The molecule has 74 valence electrons. The first-order chi connectivity index (χ1) is 6.15. The van der Waals surface area contributed by atoms with E-state index in [1.807, 2.05) is 0 Å². The molecule has 1 aliphatic heterocycles. The van der Waals surface area contributed by atoms with Crippen molar-refractivity contribution in [1.29, 1.82) is 0 Å². The lowest BCUT2D eigenvalue weighted by molar-refractivity contribution is -0.145. The van der Waals surface area contributed by atoms with Crippen LogP contribution in [0.3, 0.4) is 0 Å². The van der Waals surface area contributed by atoms with Crippen molar-refractivity contribution in [1.82, 2.24) is 5.32 Å². The quantitative estimate of drug-likeness (QED) is 0.644. The Balaban J connectivity index is 2.39. The van der Waals surface area contributed by atoms with Gasteiger partial charge in [-0.15, -0.1) is 0 Å². The maximum Gasteiger partial charge on any atom is 0.308 e. The summed E-state index contributed by atoms with van der Waals surface area (Å²) < 4.78 is 4.59. The van der Waals surface area contributed by atoms with Crippen LogP contribution in [0.1, 0.15) is 19.8 Å². The topological polar surface area (TPSA) is 55.4 Å². The predicted molar refractivity (Wildman–Crippen MR) is 46.9 cm³/mol. The highest BCUT2D eigenvalue weighted by Crippen LogP contribution is 2.19. The Morgan fingerprint density at radius 3 is 2.92 bits per heavy atom. The van der Waals surface area contributed by atoms with Crippen LogP contribution < -0.4 is 5.32 Å². The second-order valence-electron chi connectivity index (χ2n) is 3.44. The van der Waals surface area contributed by atoms with Crippen LogP contribution in [0.4, 0.5) is 0 Å². The van der Waals surface area contributed by atoms with Crippen LogP contribution in [0.25, 0.3) is 0 Å². The molecule has 0 spiro atoms. The zero-order chi connectivity index (χ0) is 9.84. The molecule has 1 rings (SSSR count). The van der Waals surface area contributed by atoms with Gasteiger partial charge in [-0.1, -0.05) is 6.92 Å². The van der Waals surface area contributed by atoms with Gasteiger partial charge in [-0.2, -0.15) is 0 Å². The Hall–Kier alpha value is -1.06. The molecule has 0 aliphatic carbocycles. The molecular weight excluding hydrogens is 170 g/mol. The third-order valence-electron chi connectivity index (χ3n) is 2.40. The van der Waals surface area contributed by atoms with E-state index in [0.717, 1.165) is 13.0 Å². The minimum Gasteiger partial charge on any atom is -0.469 e. The van der Waals surface area contributed by atoms with E-state index in [0.29, 0.717) is 6.42 Å². The van der Waals surface area contributed by atoms with Crippen molar-refractivity contribution in [3.05, 3.63) is 0 Å². The summed E-state index contributed by atoms with van der Waals surface area (Å²) in [7, 11) is 1.37. The fourth-order valence-corrected chi connectivity index (χ4v) is 1.59. The van der Waals surface area contributed by atoms with E-state index in [1.165, 1.54) is 7.11 Å². The lowest BCUT2D eigenvalue weighted by Gasteiger charge is -2.11. The molecule has 0 radical (unpaired) electrons. The minimum atomic E-state index is -0.236. The molecule has 1 saturated heterocycles. The van der Waals surface area contributed by atoms with Gasteiger partial charge in [0.1, 0.15) is 0 Å². The fraction of sp³-hybridized carbons (Fsp3) is 0.778. The monoisotopic (exact) mass is 185 g/mol. The highest BCUT2D eigenvalue weighted by atomic mass is 16.5. The lowest BCUT2D eigenvalue weighted by Crippen LogP contribution is -2.23. The van der Waals surface area contributed by atoms with Crippen molar-refractivity contribution < 1.29 is 14.3 Å². The Labute approximate surface area is 77.6 Å². The Morgan fingerprint density at radius 1 is 1.77 bits per heavy atom. The molecule has 4 nitrogen and oxygen atoms in total. The summed E-state index contributed by atoms with van der Waals surface area (Å²) in [4.78, 5) is 22.2. The standard InChI is InChI=1S/C9H15NO3/c1-6(9(12)13-2)5-7-3-4-10-8(7)11/h6-7H,3-5H2,1-2H3,(H,10,11)/t6?,7-/m0/s1. The van der Waals surface area contributed by atoms with Crippen LogP contribution in [0.15, 0.2) is 0 Å². The molecule has 1 fully saturated rings. The number of methoxy groups -OCH3 is 1. The van der Waals surface area contributed by atoms with E-state index >= 15 is 0 Å². The molecule has 0 aromatic carbocycles. The van der Waals surface area contributed by atoms with Gasteiger partial charge in [0.25, 0.3) is 0 Å². The van der Waals surface area contributed by atoms with E-state index in [2.05, 4.69) is 10.1 Å². The molecule has 1 N–H and O–H groups in total. The molecule has 0 aromatic rings. The van der Waals surface area contributed by atoms with Gasteiger partial charge in [-0.3, -0.25) is 9.59 Å². The third kappa shape index (κ3) is 2.44. The molecule has 0 bridgehead atoms. The predicted octanol–water partition coefficient (Wildman–Crippen LogP) is 0.322. The zero-order valence-corrected chi connectivity index (χ0v) is 8.00. The van der Waals surface area contributed by atoms with E-state index in [9.17, 15) is 9.59 Å². The van der Waals surface area contributed by atoms with Crippen molar-refractivity contribution in [2.24, 2.45) is 11.8 Å². The summed E-state index contributed by atoms with van der Waals surface area (Å²) in [5.74, 6) is -0.358. The fourth-order valence-electron chi connectivity index (χ4n) is 1.59. The van der Waals surface area contributed by atoms with Crippen molar-refractivity contribution in [3.63, 3.8) is 0 Å². The summed E-state index contributed by atoms with van der Waals surface area (Å²) in [6.07, 6.45) is 1.43. The second-order valence-corrected chi connectivity index (χ2v) is 3.44. The average molecular weight is 185 g/mol. The van der Waals surface area contributed by atoms with Crippen molar-refractivity contribution in [2.75, 3.05) is 13.7 Å². The number of hydrogen-bond donors (Lipinski definition) is 1. The van der Waals surface area contributed by atoms with E-state index in [1.54, 1.807) is 6.92 Å². The maximum absolute atomic E-state index is 11.2.